The van der Waals surface area contributed by atoms with Gasteiger partial charge in [-0.1, -0.05) is 56.3 Å². The molecule has 0 spiro atoms. The van der Waals surface area contributed by atoms with Gasteiger partial charge in [0.25, 0.3) is 11.8 Å². The van der Waals surface area contributed by atoms with E-state index >= 15 is 0 Å². The second kappa shape index (κ2) is 6.96. The summed E-state index contributed by atoms with van der Waals surface area (Å²) in [5.41, 5.74) is 3.06. The molecule has 3 rings (SSSR count). The maximum absolute atomic E-state index is 12.9. The maximum Gasteiger partial charge on any atom is 0.335 e. The van der Waals surface area contributed by atoms with E-state index in [0.717, 1.165) is 16.0 Å². The lowest BCUT2D eigenvalue weighted by molar-refractivity contribution is -0.122. The Labute approximate surface area is 152 Å². The molecule has 0 saturated carbocycles. The lowest BCUT2D eigenvalue weighted by atomic mass is 10.00. The van der Waals surface area contributed by atoms with Crippen LogP contribution in [-0.4, -0.2) is 17.8 Å². The average molecular weight is 348 g/mol. The molecule has 2 aromatic rings. The Balaban J connectivity index is 1.99. The van der Waals surface area contributed by atoms with Crippen LogP contribution in [0.5, 0.6) is 0 Å². The first-order valence-corrected chi connectivity index (χ1v) is 8.45. The van der Waals surface area contributed by atoms with E-state index in [4.69, 9.17) is 0 Å². The minimum Gasteiger partial charge on any atom is -0.273 e. The van der Waals surface area contributed by atoms with Crippen molar-refractivity contribution in [2.45, 2.75) is 26.7 Å². The number of nitrogens with one attached hydrogen (secondary N) is 1. The topological polar surface area (TPSA) is 66.5 Å². The highest BCUT2D eigenvalue weighted by atomic mass is 16.2. The Morgan fingerprint density at radius 1 is 0.962 bits per heavy atom. The largest absolute Gasteiger partial charge is 0.335 e. The molecule has 132 valence electrons. The van der Waals surface area contributed by atoms with Crippen molar-refractivity contribution in [2.75, 3.05) is 4.90 Å². The molecule has 0 unspecified atom stereocenters. The van der Waals surface area contributed by atoms with Crippen molar-refractivity contribution in [3.63, 3.8) is 0 Å². The molecule has 1 saturated heterocycles. The summed E-state index contributed by atoms with van der Waals surface area (Å²) in [6.45, 7) is 5.99. The monoisotopic (exact) mass is 348 g/mol. The summed E-state index contributed by atoms with van der Waals surface area (Å²) in [6.07, 6.45) is 1.51. The number of rotatable bonds is 3. The fraction of sp³-hybridized carbons (Fsp3) is 0.190. The van der Waals surface area contributed by atoms with E-state index < -0.39 is 17.8 Å². The van der Waals surface area contributed by atoms with Crippen molar-refractivity contribution in [1.82, 2.24) is 5.32 Å². The van der Waals surface area contributed by atoms with Crippen molar-refractivity contribution >= 4 is 29.6 Å². The average Bonchev–Trinajstić information content (AvgIpc) is 2.60. The molecule has 2 aromatic carbocycles. The highest BCUT2D eigenvalue weighted by Crippen LogP contribution is 2.25. The SMILES string of the molecule is Cc1ccccc1N1C(=O)NC(=O)/C(=C\c2ccc(C(C)C)cc2)C1=O. The number of imide groups is 2. The number of para-hydroxylation sites is 1. The summed E-state index contributed by atoms with van der Waals surface area (Å²) in [5, 5.41) is 2.24. The van der Waals surface area contributed by atoms with Crippen molar-refractivity contribution in [3.8, 4) is 0 Å². The Morgan fingerprint density at radius 3 is 2.23 bits per heavy atom. The number of anilines is 1. The summed E-state index contributed by atoms with van der Waals surface area (Å²) in [5.74, 6) is -0.913. The van der Waals surface area contributed by atoms with Gasteiger partial charge in [0.05, 0.1) is 5.69 Å². The maximum atomic E-state index is 12.9. The first-order chi connectivity index (χ1) is 12.4. The Hall–Kier alpha value is -3.21. The number of nitrogens with zero attached hydrogens (tertiary/aromatic N) is 1. The van der Waals surface area contributed by atoms with Crippen molar-refractivity contribution in [2.24, 2.45) is 0 Å². The third-order valence-corrected chi connectivity index (χ3v) is 4.37. The van der Waals surface area contributed by atoms with Gasteiger partial charge in [-0.2, -0.15) is 0 Å². The van der Waals surface area contributed by atoms with Gasteiger partial charge in [0.1, 0.15) is 5.57 Å². The van der Waals surface area contributed by atoms with Crippen LogP contribution in [0.15, 0.2) is 54.1 Å². The standard InChI is InChI=1S/C21H20N2O3/c1-13(2)16-10-8-15(9-11-16)12-17-19(24)22-21(26)23(20(17)25)18-7-5-4-6-14(18)3/h4-13H,1-3H3,(H,22,24,26)/b17-12+. The van der Waals surface area contributed by atoms with Crippen LogP contribution in [0.4, 0.5) is 10.5 Å². The molecule has 4 amide bonds. The van der Waals surface area contributed by atoms with Gasteiger partial charge < -0.3 is 0 Å². The molecule has 0 aromatic heterocycles. The fourth-order valence-electron chi connectivity index (χ4n) is 2.83. The number of benzene rings is 2. The van der Waals surface area contributed by atoms with Crippen LogP contribution in [0.2, 0.25) is 0 Å². The van der Waals surface area contributed by atoms with Gasteiger partial charge in [0.2, 0.25) is 0 Å². The molecule has 1 fully saturated rings. The second-order valence-corrected chi connectivity index (χ2v) is 6.57. The number of carbonyl (C=O) groups is 3. The molecule has 1 heterocycles. The Bertz CT molecular complexity index is 911. The molecular formula is C21H20N2O3. The summed E-state index contributed by atoms with van der Waals surface area (Å²) in [6, 6.07) is 14.0. The third-order valence-electron chi connectivity index (χ3n) is 4.37. The molecule has 1 N–H and O–H groups in total. The van der Waals surface area contributed by atoms with Gasteiger partial charge in [0.15, 0.2) is 0 Å². The van der Waals surface area contributed by atoms with Crippen LogP contribution in [0, 0.1) is 6.92 Å². The second-order valence-electron chi connectivity index (χ2n) is 6.57. The van der Waals surface area contributed by atoms with Crippen LogP contribution in [0.25, 0.3) is 6.08 Å². The number of amides is 4. The van der Waals surface area contributed by atoms with Gasteiger partial charge in [-0.25, -0.2) is 9.69 Å². The van der Waals surface area contributed by atoms with E-state index in [9.17, 15) is 14.4 Å². The number of carbonyl (C=O) groups excluding carboxylic acids is 3. The Kier molecular flexibility index (Phi) is 4.71. The van der Waals surface area contributed by atoms with E-state index in [2.05, 4.69) is 19.2 Å². The minimum atomic E-state index is -0.735. The summed E-state index contributed by atoms with van der Waals surface area (Å²) in [4.78, 5) is 38.3. The van der Waals surface area contributed by atoms with Crippen LogP contribution in [0.3, 0.4) is 0 Å². The molecule has 0 radical (unpaired) electrons. The molecule has 0 atom stereocenters. The zero-order valence-electron chi connectivity index (χ0n) is 14.9. The molecular weight excluding hydrogens is 328 g/mol. The lowest BCUT2D eigenvalue weighted by Crippen LogP contribution is -2.54. The van der Waals surface area contributed by atoms with Gasteiger partial charge in [-0.15, -0.1) is 0 Å². The number of hydrogen-bond acceptors (Lipinski definition) is 3. The third kappa shape index (κ3) is 3.28. The van der Waals surface area contributed by atoms with Crippen LogP contribution >= 0.6 is 0 Å². The van der Waals surface area contributed by atoms with E-state index in [-0.39, 0.29) is 5.57 Å². The highest BCUT2D eigenvalue weighted by Gasteiger charge is 2.37. The van der Waals surface area contributed by atoms with Gasteiger partial charge in [-0.05, 0) is 41.7 Å². The van der Waals surface area contributed by atoms with Gasteiger partial charge >= 0.3 is 6.03 Å². The van der Waals surface area contributed by atoms with Gasteiger partial charge in [0, 0.05) is 0 Å². The van der Waals surface area contributed by atoms with Crippen LogP contribution in [-0.2, 0) is 9.59 Å². The number of hydrogen-bond donors (Lipinski definition) is 1. The van der Waals surface area contributed by atoms with E-state index in [1.165, 1.54) is 11.6 Å². The summed E-state index contributed by atoms with van der Waals surface area (Å²) >= 11 is 0. The molecule has 5 heteroatoms. The van der Waals surface area contributed by atoms with Crippen LogP contribution < -0.4 is 10.2 Å². The highest BCUT2D eigenvalue weighted by molar-refractivity contribution is 6.39. The number of aryl methyl sites for hydroxylation is 1. The number of barbiturate groups is 1. The first kappa shape index (κ1) is 17.6. The van der Waals surface area contributed by atoms with Crippen molar-refractivity contribution in [1.29, 1.82) is 0 Å². The normalized spacial score (nSPS) is 16.4. The first-order valence-electron chi connectivity index (χ1n) is 8.45. The molecule has 1 aliphatic rings. The molecule has 26 heavy (non-hydrogen) atoms. The molecule has 0 aliphatic carbocycles. The van der Waals surface area contributed by atoms with Gasteiger partial charge in [-0.3, -0.25) is 14.9 Å². The molecule has 0 bridgehead atoms. The smallest absolute Gasteiger partial charge is 0.273 e. The number of urea groups is 1. The molecule has 1 aliphatic heterocycles. The zero-order valence-corrected chi connectivity index (χ0v) is 14.9. The van der Waals surface area contributed by atoms with Crippen molar-refractivity contribution in [3.05, 3.63) is 70.8 Å². The zero-order chi connectivity index (χ0) is 18.8. The predicted molar refractivity (Wildman–Crippen MR) is 101 cm³/mol. The fourth-order valence-corrected chi connectivity index (χ4v) is 2.83. The molecule has 5 nitrogen and oxygen atoms in total. The predicted octanol–water partition coefficient (Wildman–Crippen LogP) is 3.78. The van der Waals surface area contributed by atoms with E-state index in [1.807, 2.05) is 30.3 Å². The van der Waals surface area contributed by atoms with E-state index in [1.54, 1.807) is 25.1 Å². The summed E-state index contributed by atoms with van der Waals surface area (Å²) < 4.78 is 0. The Morgan fingerprint density at radius 2 is 1.62 bits per heavy atom. The lowest BCUT2D eigenvalue weighted by Gasteiger charge is -2.27. The quantitative estimate of drug-likeness (QED) is 0.678. The minimum absolute atomic E-state index is 0.0647. The van der Waals surface area contributed by atoms with Crippen LogP contribution in [0.1, 0.15) is 36.5 Å². The van der Waals surface area contributed by atoms with E-state index in [0.29, 0.717) is 11.6 Å². The summed E-state index contributed by atoms with van der Waals surface area (Å²) in [7, 11) is 0. The van der Waals surface area contributed by atoms with Crippen molar-refractivity contribution < 1.29 is 14.4 Å².